The molecule has 0 aromatic carbocycles. The highest BCUT2D eigenvalue weighted by molar-refractivity contribution is 7.78. The summed E-state index contributed by atoms with van der Waals surface area (Å²) in [6.45, 7) is 0. The second-order valence-electron chi connectivity index (χ2n) is 0.605. The number of rotatable bonds is 1. The van der Waals surface area contributed by atoms with E-state index < -0.39 is 6.16 Å². The molecule has 0 amide bonds. The summed E-state index contributed by atoms with van der Waals surface area (Å²) in [7, 11) is 0. The van der Waals surface area contributed by atoms with Crippen molar-refractivity contribution in [1.82, 2.24) is 0 Å². The van der Waals surface area contributed by atoms with Gasteiger partial charge in [0, 0.05) is 0 Å². The summed E-state index contributed by atoms with van der Waals surface area (Å²) in [5.74, 6) is 0. The van der Waals surface area contributed by atoms with Crippen molar-refractivity contribution in [2.24, 2.45) is 4.40 Å². The van der Waals surface area contributed by atoms with Gasteiger partial charge in [0.05, 0.1) is 0 Å². The molecule has 0 atom stereocenters. The van der Waals surface area contributed by atoms with Gasteiger partial charge in [-0.1, -0.05) is 0 Å². The van der Waals surface area contributed by atoms with E-state index in [2.05, 4.69) is 21.9 Å². The predicted molar refractivity (Wildman–Crippen MR) is 26.6 cm³/mol. The number of hydrogen-bond acceptors (Lipinski definition) is 4. The minimum Gasteiger partial charge on any atom is -0.449 e. The highest BCUT2D eigenvalue weighted by atomic mass is 32.1. The van der Waals surface area contributed by atoms with Crippen LogP contribution in [-0.4, -0.2) is 17.7 Å². The van der Waals surface area contributed by atoms with Gasteiger partial charge in [-0.3, -0.25) is 0 Å². The lowest BCUT2D eigenvalue weighted by molar-refractivity contribution is 0.143. The van der Waals surface area contributed by atoms with Crippen molar-refractivity contribution < 1.29 is 14.6 Å². The van der Waals surface area contributed by atoms with Gasteiger partial charge in [-0.05, 0) is 12.8 Å². The first kappa shape index (κ1) is 6.29. The van der Waals surface area contributed by atoms with Crippen molar-refractivity contribution in [3.05, 3.63) is 0 Å². The van der Waals surface area contributed by atoms with E-state index in [0.29, 0.717) is 6.40 Å². The van der Waals surface area contributed by atoms with E-state index in [1.165, 1.54) is 0 Å². The average Bonchev–Trinajstić information content (AvgIpc) is 1.61. The molecular formula is C2H3NO3S. The monoisotopic (exact) mass is 121 g/mol. The molecule has 4 nitrogen and oxygen atoms in total. The lowest BCUT2D eigenvalue weighted by atomic mass is 11.3. The molecule has 7 heavy (non-hydrogen) atoms. The van der Waals surface area contributed by atoms with E-state index in [9.17, 15) is 4.79 Å². The Labute approximate surface area is 45.4 Å². The van der Waals surface area contributed by atoms with Crippen LogP contribution in [0.15, 0.2) is 4.40 Å². The summed E-state index contributed by atoms with van der Waals surface area (Å²) < 4.78 is 6.68. The molecule has 0 aliphatic rings. The van der Waals surface area contributed by atoms with Crippen molar-refractivity contribution in [2.45, 2.75) is 0 Å². The lowest BCUT2D eigenvalue weighted by Gasteiger charge is -1.81. The minimum absolute atomic E-state index is 0.714. The van der Waals surface area contributed by atoms with Gasteiger partial charge in [-0.25, -0.2) is 4.79 Å². The molecule has 0 bridgehead atoms. The van der Waals surface area contributed by atoms with E-state index in [1.54, 1.807) is 0 Å². The van der Waals surface area contributed by atoms with Crippen molar-refractivity contribution in [2.75, 3.05) is 0 Å². The third kappa shape index (κ3) is 5.29. The van der Waals surface area contributed by atoms with Crippen LogP contribution in [0.5, 0.6) is 0 Å². The fraction of sp³-hybridized carbons (Fsp3) is 0. The maximum Gasteiger partial charge on any atom is 0.512 e. The summed E-state index contributed by atoms with van der Waals surface area (Å²) in [6.07, 6.45) is -0.677. The second-order valence-corrected chi connectivity index (χ2v) is 0.836. The van der Waals surface area contributed by atoms with Crippen LogP contribution < -0.4 is 0 Å². The predicted octanol–water partition coefficient (Wildman–Crippen LogP) is 0.554. The van der Waals surface area contributed by atoms with Crippen molar-refractivity contribution >= 4 is 25.4 Å². The molecule has 0 saturated heterocycles. The Morgan fingerprint density at radius 1 is 2.00 bits per heavy atom. The van der Waals surface area contributed by atoms with Crippen LogP contribution in [0, 0.1) is 0 Å². The van der Waals surface area contributed by atoms with Crippen molar-refractivity contribution in [3.8, 4) is 0 Å². The third-order valence-electron chi connectivity index (χ3n) is 0.201. The van der Waals surface area contributed by atoms with Crippen LogP contribution in [0.4, 0.5) is 4.79 Å². The third-order valence-corrected chi connectivity index (χ3v) is 0.295. The zero-order valence-corrected chi connectivity index (χ0v) is 4.13. The highest BCUT2D eigenvalue weighted by Gasteiger charge is 1.86. The zero-order chi connectivity index (χ0) is 5.70. The molecule has 0 aliphatic heterocycles. The Bertz CT molecular complexity index is 90.9. The number of hydrogen-bond donors (Lipinski definition) is 2. The van der Waals surface area contributed by atoms with Gasteiger partial charge in [0.1, 0.15) is 0 Å². The van der Waals surface area contributed by atoms with Gasteiger partial charge < -0.3 is 9.84 Å². The standard InChI is InChI=1S/C2H3NO3S/c4-2(5)6-1-3-7/h1,7H,(H,4,5)/b3-1+. The Balaban J connectivity index is 3.14. The summed E-state index contributed by atoms with van der Waals surface area (Å²) in [5, 5.41) is 7.70. The van der Waals surface area contributed by atoms with Crippen LogP contribution >= 0.6 is 12.8 Å². The second kappa shape index (κ2) is 3.48. The maximum absolute atomic E-state index is 9.41. The summed E-state index contributed by atoms with van der Waals surface area (Å²) in [4.78, 5) is 9.41. The first-order chi connectivity index (χ1) is 3.27. The maximum atomic E-state index is 9.41. The van der Waals surface area contributed by atoms with Crippen LogP contribution in [0.25, 0.3) is 0 Å². The summed E-state index contributed by atoms with van der Waals surface area (Å²) in [6, 6.07) is 0. The molecule has 0 aromatic rings. The molecule has 0 spiro atoms. The van der Waals surface area contributed by atoms with Gasteiger partial charge in [0.15, 0.2) is 6.40 Å². The van der Waals surface area contributed by atoms with E-state index in [4.69, 9.17) is 5.11 Å². The number of ether oxygens (including phenoxy) is 1. The van der Waals surface area contributed by atoms with Gasteiger partial charge in [0.2, 0.25) is 0 Å². The molecule has 0 aromatic heterocycles. The van der Waals surface area contributed by atoms with Crippen molar-refractivity contribution in [3.63, 3.8) is 0 Å². The molecule has 40 valence electrons. The normalized spacial score (nSPS) is 9.29. The number of nitrogens with zero attached hydrogens (tertiary/aromatic N) is 1. The molecule has 0 unspecified atom stereocenters. The largest absolute Gasteiger partial charge is 0.512 e. The van der Waals surface area contributed by atoms with E-state index in [0.717, 1.165) is 0 Å². The van der Waals surface area contributed by atoms with E-state index >= 15 is 0 Å². The molecule has 0 heterocycles. The molecule has 0 aliphatic carbocycles. The van der Waals surface area contributed by atoms with Gasteiger partial charge in [-0.2, -0.15) is 4.40 Å². The smallest absolute Gasteiger partial charge is 0.449 e. The molecule has 0 radical (unpaired) electrons. The van der Waals surface area contributed by atoms with Gasteiger partial charge in [0.25, 0.3) is 0 Å². The first-order valence-electron chi connectivity index (χ1n) is 1.33. The Kier molecular flexibility index (Phi) is 3.13. The number of carboxylic acid groups (broad SMARTS) is 1. The molecule has 1 N–H and O–H groups in total. The van der Waals surface area contributed by atoms with E-state index in [1.807, 2.05) is 0 Å². The van der Waals surface area contributed by atoms with Gasteiger partial charge >= 0.3 is 6.16 Å². The number of carbonyl (C=O) groups is 1. The SMILES string of the molecule is O=C(O)O/C=N/S. The van der Waals surface area contributed by atoms with Crippen LogP contribution in [0.3, 0.4) is 0 Å². The fourth-order valence-corrected chi connectivity index (χ4v) is 0.116. The molecule has 5 heteroatoms. The highest BCUT2D eigenvalue weighted by Crippen LogP contribution is 1.72. The zero-order valence-electron chi connectivity index (χ0n) is 3.24. The lowest BCUT2D eigenvalue weighted by Crippen LogP contribution is -1.95. The van der Waals surface area contributed by atoms with Crippen LogP contribution in [-0.2, 0) is 4.74 Å². The van der Waals surface area contributed by atoms with Crippen LogP contribution in [0.1, 0.15) is 0 Å². The van der Waals surface area contributed by atoms with E-state index in [-0.39, 0.29) is 0 Å². The van der Waals surface area contributed by atoms with Crippen molar-refractivity contribution in [1.29, 1.82) is 0 Å². The topological polar surface area (TPSA) is 58.9 Å². The van der Waals surface area contributed by atoms with Gasteiger partial charge in [-0.15, -0.1) is 0 Å². The average molecular weight is 121 g/mol. The first-order valence-corrected chi connectivity index (χ1v) is 1.73. The Morgan fingerprint density at radius 2 is 2.57 bits per heavy atom. The summed E-state index contributed by atoms with van der Waals surface area (Å²) >= 11 is 3.28. The van der Waals surface area contributed by atoms with Crippen LogP contribution in [0.2, 0.25) is 0 Å². The summed E-state index contributed by atoms with van der Waals surface area (Å²) in [5.41, 5.74) is 0. The Morgan fingerprint density at radius 3 is 2.71 bits per heavy atom. The quantitative estimate of drug-likeness (QED) is 0.230. The minimum atomic E-state index is -1.39. The Hall–Kier alpha value is -0.710. The molecule has 0 saturated carbocycles. The number of thiol groups is 1. The molecule has 0 fully saturated rings. The molecule has 0 rings (SSSR count). The molecular weight excluding hydrogens is 118 g/mol. The fourth-order valence-electron chi connectivity index (χ4n) is 0.0687.